The van der Waals surface area contributed by atoms with E-state index in [2.05, 4.69) is 0 Å². The molecule has 0 amide bonds. The molecule has 0 aromatic heterocycles. The summed E-state index contributed by atoms with van der Waals surface area (Å²) in [5.74, 6) is 0.500. The van der Waals surface area contributed by atoms with Crippen LogP contribution in [-0.2, 0) is 17.6 Å². The van der Waals surface area contributed by atoms with E-state index < -0.39 is 0 Å². The largest absolute Gasteiger partial charge is 0.508 e. The number of rotatable bonds is 1. The van der Waals surface area contributed by atoms with Gasteiger partial charge in [0, 0.05) is 5.92 Å². The predicted octanol–water partition coefficient (Wildman–Crippen LogP) is 1.70. The molecule has 1 aromatic rings. The summed E-state index contributed by atoms with van der Waals surface area (Å²) in [6.45, 7) is 0. The maximum atomic E-state index is 10.6. The van der Waals surface area contributed by atoms with Crippen molar-refractivity contribution in [2.24, 2.45) is 5.92 Å². The lowest BCUT2D eigenvalue weighted by Gasteiger charge is -2.20. The van der Waals surface area contributed by atoms with Crippen molar-refractivity contribution >= 4 is 6.29 Å². The number of carbonyl (C=O) groups is 1. The number of carbonyl (C=O) groups excluding carboxylic acids is 1. The highest BCUT2D eigenvalue weighted by molar-refractivity contribution is 5.56. The Balaban J connectivity index is 2.31. The average Bonchev–Trinajstić information content (AvgIpc) is 2.17. The number of aldehydes is 1. The highest BCUT2D eigenvalue weighted by atomic mass is 16.3. The van der Waals surface area contributed by atoms with Crippen LogP contribution in [0.25, 0.3) is 0 Å². The Morgan fingerprint density at radius 2 is 2.23 bits per heavy atom. The van der Waals surface area contributed by atoms with Crippen molar-refractivity contribution in [1.29, 1.82) is 0 Å². The van der Waals surface area contributed by atoms with Crippen LogP contribution >= 0.6 is 0 Å². The van der Waals surface area contributed by atoms with Crippen molar-refractivity contribution in [2.45, 2.75) is 19.3 Å². The predicted molar refractivity (Wildman–Crippen MR) is 49.7 cm³/mol. The van der Waals surface area contributed by atoms with Gasteiger partial charge in [-0.05, 0) is 42.5 Å². The summed E-state index contributed by atoms with van der Waals surface area (Å²) < 4.78 is 0. The van der Waals surface area contributed by atoms with E-state index in [0.717, 1.165) is 25.5 Å². The minimum Gasteiger partial charge on any atom is -0.508 e. The molecule has 0 bridgehead atoms. The fourth-order valence-electron chi connectivity index (χ4n) is 1.89. The molecule has 0 radical (unpaired) electrons. The van der Waals surface area contributed by atoms with Gasteiger partial charge in [0.1, 0.15) is 12.0 Å². The van der Waals surface area contributed by atoms with Crippen LogP contribution < -0.4 is 0 Å². The number of phenols is 1. The smallest absolute Gasteiger partial charge is 0.123 e. The van der Waals surface area contributed by atoms with E-state index in [9.17, 15) is 9.90 Å². The lowest BCUT2D eigenvalue weighted by atomic mass is 9.85. The monoisotopic (exact) mass is 176 g/mol. The zero-order chi connectivity index (χ0) is 9.26. The Labute approximate surface area is 77.2 Å². The molecule has 1 aliphatic rings. The zero-order valence-electron chi connectivity index (χ0n) is 7.36. The van der Waals surface area contributed by atoms with Crippen molar-refractivity contribution < 1.29 is 9.90 Å². The fraction of sp³-hybridized carbons (Fsp3) is 0.364. The standard InChI is InChI=1S/C11H12O2/c12-7-8-1-2-10-6-11(13)4-3-9(10)5-8/h3-4,6-8,13H,1-2,5H2. The minimum atomic E-state index is 0.178. The third-order valence-corrected chi connectivity index (χ3v) is 2.65. The molecule has 0 heterocycles. The molecule has 2 nitrogen and oxygen atoms in total. The fourth-order valence-corrected chi connectivity index (χ4v) is 1.89. The third-order valence-electron chi connectivity index (χ3n) is 2.65. The molecule has 2 rings (SSSR count). The first-order chi connectivity index (χ1) is 6.29. The summed E-state index contributed by atoms with van der Waals surface area (Å²) in [5.41, 5.74) is 2.40. The lowest BCUT2D eigenvalue weighted by Crippen LogP contribution is -2.14. The Hall–Kier alpha value is -1.31. The molecule has 0 spiro atoms. The maximum Gasteiger partial charge on any atom is 0.123 e. The molecule has 68 valence electrons. The number of hydrogen-bond donors (Lipinski definition) is 1. The van der Waals surface area contributed by atoms with Crippen LogP contribution in [0.4, 0.5) is 0 Å². The SMILES string of the molecule is O=CC1CCc2cc(O)ccc2C1. The normalized spacial score (nSPS) is 20.8. The van der Waals surface area contributed by atoms with Gasteiger partial charge in [0.15, 0.2) is 0 Å². The summed E-state index contributed by atoms with van der Waals surface area (Å²) in [7, 11) is 0. The van der Waals surface area contributed by atoms with E-state index in [-0.39, 0.29) is 5.92 Å². The van der Waals surface area contributed by atoms with E-state index in [1.807, 2.05) is 6.07 Å². The second kappa shape index (κ2) is 3.21. The first-order valence-electron chi connectivity index (χ1n) is 4.55. The van der Waals surface area contributed by atoms with Crippen molar-refractivity contribution in [2.75, 3.05) is 0 Å². The van der Waals surface area contributed by atoms with Gasteiger partial charge < -0.3 is 9.90 Å². The maximum absolute atomic E-state index is 10.6. The third kappa shape index (κ3) is 1.57. The summed E-state index contributed by atoms with van der Waals surface area (Å²) in [6.07, 6.45) is 3.70. The van der Waals surface area contributed by atoms with E-state index in [1.165, 1.54) is 11.1 Å². The summed E-state index contributed by atoms with van der Waals surface area (Å²) in [4.78, 5) is 10.6. The van der Waals surface area contributed by atoms with Gasteiger partial charge in [-0.2, -0.15) is 0 Å². The van der Waals surface area contributed by atoms with Gasteiger partial charge in [-0.15, -0.1) is 0 Å². The van der Waals surface area contributed by atoms with Gasteiger partial charge in [0.05, 0.1) is 0 Å². The van der Waals surface area contributed by atoms with E-state index in [4.69, 9.17) is 0 Å². The zero-order valence-corrected chi connectivity index (χ0v) is 7.36. The van der Waals surface area contributed by atoms with Gasteiger partial charge in [-0.1, -0.05) is 6.07 Å². The molecule has 1 aromatic carbocycles. The molecule has 1 aliphatic carbocycles. The van der Waals surface area contributed by atoms with Gasteiger partial charge in [-0.25, -0.2) is 0 Å². The number of benzene rings is 1. The minimum absolute atomic E-state index is 0.178. The van der Waals surface area contributed by atoms with Gasteiger partial charge in [-0.3, -0.25) is 0 Å². The molecule has 1 N–H and O–H groups in total. The molecule has 1 unspecified atom stereocenters. The van der Waals surface area contributed by atoms with Gasteiger partial charge in [0.2, 0.25) is 0 Å². The number of phenolic OH excluding ortho intramolecular Hbond substituents is 1. The van der Waals surface area contributed by atoms with Crippen LogP contribution in [0.1, 0.15) is 17.5 Å². The van der Waals surface area contributed by atoms with Gasteiger partial charge >= 0.3 is 0 Å². The molecular formula is C11H12O2. The molecule has 1 atom stereocenters. The van der Waals surface area contributed by atoms with Crippen LogP contribution in [0, 0.1) is 5.92 Å². The van der Waals surface area contributed by atoms with Crippen molar-refractivity contribution in [1.82, 2.24) is 0 Å². The molecular weight excluding hydrogens is 164 g/mol. The van der Waals surface area contributed by atoms with Crippen LogP contribution in [0.2, 0.25) is 0 Å². The topological polar surface area (TPSA) is 37.3 Å². The quantitative estimate of drug-likeness (QED) is 0.661. The van der Waals surface area contributed by atoms with Crippen molar-refractivity contribution in [3.63, 3.8) is 0 Å². The van der Waals surface area contributed by atoms with Crippen molar-refractivity contribution in [3.05, 3.63) is 29.3 Å². The van der Waals surface area contributed by atoms with E-state index >= 15 is 0 Å². The highest BCUT2D eigenvalue weighted by Gasteiger charge is 2.17. The Morgan fingerprint density at radius 3 is 3.00 bits per heavy atom. The Morgan fingerprint density at radius 1 is 1.38 bits per heavy atom. The summed E-state index contributed by atoms with van der Waals surface area (Å²) in [6, 6.07) is 5.41. The Bertz CT molecular complexity index is 331. The van der Waals surface area contributed by atoms with E-state index in [1.54, 1.807) is 12.1 Å². The number of aromatic hydroxyl groups is 1. The van der Waals surface area contributed by atoms with Crippen LogP contribution in [0.15, 0.2) is 18.2 Å². The molecule has 2 heteroatoms. The first kappa shape index (κ1) is 8.30. The van der Waals surface area contributed by atoms with E-state index in [0.29, 0.717) is 5.75 Å². The van der Waals surface area contributed by atoms with Crippen LogP contribution in [-0.4, -0.2) is 11.4 Å². The molecule has 0 saturated carbocycles. The number of fused-ring (bicyclic) bond motifs is 1. The molecule has 0 saturated heterocycles. The molecule has 0 aliphatic heterocycles. The first-order valence-corrected chi connectivity index (χ1v) is 4.55. The highest BCUT2D eigenvalue weighted by Crippen LogP contribution is 2.26. The van der Waals surface area contributed by atoms with Crippen LogP contribution in [0.5, 0.6) is 5.75 Å². The summed E-state index contributed by atoms with van der Waals surface area (Å²) in [5, 5.41) is 9.24. The van der Waals surface area contributed by atoms with Crippen molar-refractivity contribution in [3.8, 4) is 5.75 Å². The lowest BCUT2D eigenvalue weighted by molar-refractivity contribution is -0.111. The number of aryl methyl sites for hydroxylation is 1. The average molecular weight is 176 g/mol. The molecule has 0 fully saturated rings. The Kier molecular flexibility index (Phi) is 2.05. The van der Waals surface area contributed by atoms with Gasteiger partial charge in [0.25, 0.3) is 0 Å². The number of hydrogen-bond acceptors (Lipinski definition) is 2. The summed E-state index contributed by atoms with van der Waals surface area (Å²) >= 11 is 0. The second-order valence-electron chi connectivity index (χ2n) is 3.59. The van der Waals surface area contributed by atoms with Crippen LogP contribution in [0.3, 0.4) is 0 Å². The molecule has 13 heavy (non-hydrogen) atoms. The second-order valence-corrected chi connectivity index (χ2v) is 3.59.